The van der Waals surface area contributed by atoms with Crippen LogP contribution in [0.25, 0.3) is 0 Å². The molecule has 0 amide bonds. The molecule has 0 fully saturated rings. The smallest absolute Gasteiger partial charge is 0.330 e. The molecule has 0 aromatic rings. The Morgan fingerprint density at radius 2 is 1.76 bits per heavy atom. The van der Waals surface area contributed by atoms with Crippen LogP contribution in [-0.4, -0.2) is 28.1 Å². The lowest BCUT2D eigenvalue weighted by atomic mass is 10.1. The summed E-state index contributed by atoms with van der Waals surface area (Å²) in [7, 11) is -0.202. The van der Waals surface area contributed by atoms with Crippen molar-refractivity contribution >= 4 is 15.5 Å². The van der Waals surface area contributed by atoms with Crippen LogP contribution in [0.2, 0.25) is 6.04 Å². The molecule has 98 valence electrons. The zero-order chi connectivity index (χ0) is 12.9. The third-order valence-corrected chi connectivity index (χ3v) is 3.23. The Labute approximate surface area is 104 Å². The first-order chi connectivity index (χ1) is 8.16. The summed E-state index contributed by atoms with van der Waals surface area (Å²) in [5.41, 5.74) is 0. The fourth-order valence-corrected chi connectivity index (χ4v) is 2.05. The van der Waals surface area contributed by atoms with Gasteiger partial charge in [0.1, 0.15) is 9.52 Å². The molecular weight excluding hydrogens is 242 g/mol. The first-order valence-corrected chi connectivity index (χ1v) is 7.26. The molecule has 0 atom stereocenters. The molecule has 0 bridgehead atoms. The number of hydrogen-bond donors (Lipinski definition) is 0. The van der Waals surface area contributed by atoms with Crippen LogP contribution in [0.1, 0.15) is 38.5 Å². The van der Waals surface area contributed by atoms with Gasteiger partial charge < -0.3 is 4.74 Å². The molecule has 0 aliphatic carbocycles. The molecule has 0 N–H and O–H groups in total. The van der Waals surface area contributed by atoms with E-state index >= 15 is 0 Å². The van der Waals surface area contributed by atoms with Crippen molar-refractivity contribution in [3.05, 3.63) is 12.7 Å². The topological polar surface area (TPSA) is 26.3 Å². The van der Waals surface area contributed by atoms with E-state index in [-0.39, 0.29) is 15.5 Å². The van der Waals surface area contributed by atoms with E-state index in [1.54, 1.807) is 0 Å². The number of hydrogen-bond acceptors (Lipinski definition) is 2. The summed E-state index contributed by atoms with van der Waals surface area (Å²) in [5, 5.41) is 0. The molecule has 17 heavy (non-hydrogen) atoms. The second-order valence-corrected chi connectivity index (χ2v) is 5.09. The number of esters is 1. The Morgan fingerprint density at radius 3 is 2.35 bits per heavy atom. The summed E-state index contributed by atoms with van der Waals surface area (Å²) < 4.78 is 28.4. The number of unbranched alkanes of at least 4 members (excludes halogenated alkanes) is 5. The van der Waals surface area contributed by atoms with Gasteiger partial charge in [-0.2, -0.15) is 0 Å². The van der Waals surface area contributed by atoms with Gasteiger partial charge >= 0.3 is 5.97 Å². The molecule has 0 spiro atoms. The minimum Gasteiger partial charge on any atom is -0.463 e. The SMILES string of the molecule is C=CC(=O)OCCCCCCCC[Si]C(F)F. The van der Waals surface area contributed by atoms with Crippen molar-refractivity contribution in [2.45, 2.75) is 50.6 Å². The van der Waals surface area contributed by atoms with Crippen molar-refractivity contribution in [2.75, 3.05) is 6.61 Å². The number of alkyl halides is 2. The van der Waals surface area contributed by atoms with E-state index in [1.807, 2.05) is 0 Å². The van der Waals surface area contributed by atoms with Crippen molar-refractivity contribution in [1.82, 2.24) is 0 Å². The molecular formula is C12H20F2O2Si. The lowest BCUT2D eigenvalue weighted by Gasteiger charge is -2.02. The zero-order valence-electron chi connectivity index (χ0n) is 10.1. The Kier molecular flexibility index (Phi) is 11.3. The van der Waals surface area contributed by atoms with Gasteiger partial charge in [-0.25, -0.2) is 13.6 Å². The van der Waals surface area contributed by atoms with Crippen LogP contribution in [0.3, 0.4) is 0 Å². The lowest BCUT2D eigenvalue weighted by molar-refractivity contribution is -0.137. The molecule has 0 heterocycles. The van der Waals surface area contributed by atoms with E-state index in [1.165, 1.54) is 0 Å². The lowest BCUT2D eigenvalue weighted by Crippen LogP contribution is -2.02. The summed E-state index contributed by atoms with van der Waals surface area (Å²) >= 11 is 0. The van der Waals surface area contributed by atoms with Gasteiger partial charge in [0.2, 0.25) is 6.05 Å². The number of rotatable bonds is 11. The number of carbonyl (C=O) groups is 1. The molecule has 0 rings (SSSR count). The number of halogens is 2. The van der Waals surface area contributed by atoms with E-state index in [2.05, 4.69) is 6.58 Å². The monoisotopic (exact) mass is 262 g/mol. The van der Waals surface area contributed by atoms with Crippen LogP contribution in [0.15, 0.2) is 12.7 Å². The van der Waals surface area contributed by atoms with Crippen LogP contribution < -0.4 is 0 Å². The quantitative estimate of drug-likeness (QED) is 0.247. The van der Waals surface area contributed by atoms with Gasteiger partial charge in [-0.1, -0.05) is 44.7 Å². The predicted molar refractivity (Wildman–Crippen MR) is 65.4 cm³/mol. The normalized spacial score (nSPS) is 10.5. The maximum Gasteiger partial charge on any atom is 0.330 e. The minimum absolute atomic E-state index is 0.202. The Hall–Kier alpha value is -0.713. The van der Waals surface area contributed by atoms with Gasteiger partial charge in [-0.05, 0) is 6.42 Å². The Balaban J connectivity index is 3.03. The van der Waals surface area contributed by atoms with E-state index in [9.17, 15) is 13.6 Å². The Morgan fingerprint density at radius 1 is 1.18 bits per heavy atom. The van der Waals surface area contributed by atoms with Gasteiger partial charge in [-0.15, -0.1) is 0 Å². The van der Waals surface area contributed by atoms with Crippen molar-refractivity contribution in [1.29, 1.82) is 0 Å². The highest BCUT2D eigenvalue weighted by Gasteiger charge is 2.02. The fourth-order valence-electron chi connectivity index (χ4n) is 1.38. The predicted octanol–water partition coefficient (Wildman–Crippen LogP) is 3.40. The fraction of sp³-hybridized carbons (Fsp3) is 0.750. The molecule has 0 aliphatic heterocycles. The molecule has 2 radical (unpaired) electrons. The second kappa shape index (κ2) is 11.8. The summed E-state index contributed by atoms with van der Waals surface area (Å²) in [6.45, 7) is 3.74. The van der Waals surface area contributed by atoms with Crippen molar-refractivity contribution < 1.29 is 18.3 Å². The third kappa shape index (κ3) is 13.2. The summed E-state index contributed by atoms with van der Waals surface area (Å²) in [6.07, 6.45) is 7.09. The van der Waals surface area contributed by atoms with Gasteiger partial charge in [0.25, 0.3) is 0 Å². The molecule has 5 heteroatoms. The van der Waals surface area contributed by atoms with Crippen molar-refractivity contribution in [2.24, 2.45) is 0 Å². The molecule has 0 aromatic heterocycles. The number of ether oxygens (including phenoxy) is 1. The molecule has 0 aliphatic rings. The van der Waals surface area contributed by atoms with Crippen LogP contribution in [0.4, 0.5) is 8.78 Å². The largest absolute Gasteiger partial charge is 0.463 e. The van der Waals surface area contributed by atoms with Crippen LogP contribution >= 0.6 is 0 Å². The Bertz CT molecular complexity index is 211. The van der Waals surface area contributed by atoms with Crippen molar-refractivity contribution in [3.63, 3.8) is 0 Å². The van der Waals surface area contributed by atoms with Gasteiger partial charge in [0, 0.05) is 6.08 Å². The molecule has 0 aromatic carbocycles. The summed E-state index contributed by atoms with van der Waals surface area (Å²) in [5.74, 6) is -0.377. The molecule has 0 unspecified atom stereocenters. The molecule has 0 saturated carbocycles. The first kappa shape index (κ1) is 16.3. The number of carbonyl (C=O) groups excluding carboxylic acids is 1. The van der Waals surface area contributed by atoms with Crippen LogP contribution in [-0.2, 0) is 9.53 Å². The maximum atomic E-state index is 11.8. The van der Waals surface area contributed by atoms with Gasteiger partial charge in [0.05, 0.1) is 6.61 Å². The second-order valence-electron chi connectivity index (χ2n) is 3.75. The molecule has 0 saturated heterocycles. The van der Waals surface area contributed by atoms with Crippen LogP contribution in [0, 0.1) is 0 Å². The average molecular weight is 262 g/mol. The van der Waals surface area contributed by atoms with Gasteiger partial charge in [-0.3, -0.25) is 0 Å². The van der Waals surface area contributed by atoms with Gasteiger partial charge in [0.15, 0.2) is 0 Å². The molecule has 2 nitrogen and oxygen atoms in total. The zero-order valence-corrected chi connectivity index (χ0v) is 11.1. The highest BCUT2D eigenvalue weighted by Crippen LogP contribution is 2.08. The third-order valence-electron chi connectivity index (χ3n) is 2.28. The van der Waals surface area contributed by atoms with E-state index in [4.69, 9.17) is 4.74 Å². The highest BCUT2D eigenvalue weighted by molar-refractivity contribution is 6.36. The van der Waals surface area contributed by atoms with E-state index < -0.39 is 6.05 Å². The summed E-state index contributed by atoms with van der Waals surface area (Å²) in [6, 6.07) is -1.48. The first-order valence-electron chi connectivity index (χ1n) is 5.97. The maximum absolute atomic E-state index is 11.8. The van der Waals surface area contributed by atoms with Crippen LogP contribution in [0.5, 0.6) is 0 Å². The highest BCUT2D eigenvalue weighted by atomic mass is 28.2. The van der Waals surface area contributed by atoms with E-state index in [0.717, 1.165) is 44.6 Å². The average Bonchev–Trinajstić information content (AvgIpc) is 2.30. The van der Waals surface area contributed by atoms with Crippen molar-refractivity contribution in [3.8, 4) is 0 Å². The standard InChI is InChI=1S/C12H20F2O2Si/c1-2-11(15)16-9-7-5-3-4-6-8-10-17-12(13)14/h2,12H,1,3-10H2. The van der Waals surface area contributed by atoms with E-state index in [0.29, 0.717) is 12.7 Å². The summed E-state index contributed by atoms with van der Waals surface area (Å²) in [4.78, 5) is 10.7. The minimum atomic E-state index is -2.13.